The molecule has 0 radical (unpaired) electrons. The number of benzene rings is 2. The number of rotatable bonds is 5. The number of hydrogen-bond donors (Lipinski definition) is 3. The number of phenols is 1. The average Bonchev–Trinajstić information content (AvgIpc) is 2.73. The van der Waals surface area contributed by atoms with Crippen molar-refractivity contribution in [3.8, 4) is 11.5 Å². The molecule has 9 nitrogen and oxygen atoms in total. The molecule has 2 aromatic rings. The van der Waals surface area contributed by atoms with Crippen LogP contribution in [0.4, 0.5) is 0 Å². The van der Waals surface area contributed by atoms with Crippen LogP contribution in [0.3, 0.4) is 0 Å². The van der Waals surface area contributed by atoms with E-state index in [-0.39, 0.29) is 29.0 Å². The van der Waals surface area contributed by atoms with Crippen LogP contribution in [0.5, 0.6) is 11.5 Å². The van der Waals surface area contributed by atoms with Gasteiger partial charge in [-0.3, -0.25) is 9.59 Å². The fourth-order valence-corrected chi connectivity index (χ4v) is 3.04. The van der Waals surface area contributed by atoms with Crippen molar-refractivity contribution in [1.82, 2.24) is 5.32 Å². The van der Waals surface area contributed by atoms with E-state index in [1.807, 2.05) is 0 Å². The Labute approximate surface area is 185 Å². The predicted molar refractivity (Wildman–Crippen MR) is 114 cm³/mol. The minimum Gasteiger partial charge on any atom is -0.534 e. The van der Waals surface area contributed by atoms with Crippen LogP contribution < -0.4 is 9.97 Å². The molecule has 1 aliphatic heterocycles. The molecule has 3 N–H and O–H groups in total. The maximum atomic E-state index is 12.5. The van der Waals surface area contributed by atoms with Gasteiger partial charge in [0.25, 0.3) is 5.91 Å². The predicted octanol–water partition coefficient (Wildman–Crippen LogP) is 1.85. The van der Waals surface area contributed by atoms with Gasteiger partial charge in [0.2, 0.25) is 6.79 Å². The number of fused-ring (bicyclic) bond motifs is 1. The summed E-state index contributed by atoms with van der Waals surface area (Å²) in [5.74, 6) is -2.49. The van der Waals surface area contributed by atoms with Crippen LogP contribution in [0.15, 0.2) is 42.5 Å². The molecule has 0 aromatic heterocycles. The molecule has 0 bridgehead atoms. The van der Waals surface area contributed by atoms with Crippen molar-refractivity contribution >= 4 is 25.0 Å². The minimum atomic E-state index is -1.42. The van der Waals surface area contributed by atoms with Crippen LogP contribution in [0.2, 0.25) is 0 Å². The van der Waals surface area contributed by atoms with Gasteiger partial charge in [0, 0.05) is 5.56 Å². The maximum Gasteiger partial charge on any atom is 0.547 e. The van der Waals surface area contributed by atoms with Gasteiger partial charge < -0.3 is 29.6 Å². The molecular formula is C22H24BNO8. The topological polar surface area (TPSA) is 131 Å². The highest BCUT2D eigenvalue weighted by atomic mass is 16.7. The van der Waals surface area contributed by atoms with E-state index in [1.54, 1.807) is 32.9 Å². The molecule has 0 spiro atoms. The number of hydrogen-bond acceptors (Lipinski definition) is 8. The first kappa shape index (κ1) is 23.1. The number of esters is 2. The number of amides is 1. The molecule has 0 unspecified atom stereocenters. The summed E-state index contributed by atoms with van der Waals surface area (Å²) in [6, 6.07) is 10.6. The third-order valence-electron chi connectivity index (χ3n) is 4.76. The zero-order chi connectivity index (χ0) is 23.5. The number of carbonyl (C=O) groups excluding carboxylic acids is 3. The average molecular weight is 441 g/mol. The number of para-hydroxylation sites is 1. The second-order valence-electron chi connectivity index (χ2n) is 8.37. The molecule has 1 heterocycles. The Balaban J connectivity index is 1.67. The number of aromatic hydroxyl groups is 1. The smallest absolute Gasteiger partial charge is 0.534 e. The normalized spacial score (nSPS) is 15.2. The van der Waals surface area contributed by atoms with Gasteiger partial charge in [-0.15, -0.1) is 0 Å². The van der Waals surface area contributed by atoms with Crippen LogP contribution in [0.25, 0.3) is 0 Å². The summed E-state index contributed by atoms with van der Waals surface area (Å²) < 4.78 is 15.5. The van der Waals surface area contributed by atoms with Crippen molar-refractivity contribution in [2.75, 3.05) is 6.79 Å². The second kappa shape index (κ2) is 9.31. The van der Waals surface area contributed by atoms with E-state index in [2.05, 4.69) is 5.32 Å². The van der Waals surface area contributed by atoms with E-state index in [0.717, 1.165) is 0 Å². The number of carbonyl (C=O) groups is 3. The fraction of sp³-hybridized carbons (Fsp3) is 0.318. The molecule has 0 fully saturated rings. The molecule has 0 saturated carbocycles. The summed E-state index contributed by atoms with van der Waals surface area (Å²) in [5.41, 5.74) is 0.137. The first-order valence-electron chi connectivity index (χ1n) is 9.97. The van der Waals surface area contributed by atoms with Crippen LogP contribution in [0.1, 0.15) is 47.1 Å². The van der Waals surface area contributed by atoms with Crippen molar-refractivity contribution in [1.29, 1.82) is 0 Å². The number of phenolic OH excluding ortho intramolecular Hbond substituents is 1. The third kappa shape index (κ3) is 5.39. The molecular weight excluding hydrogens is 417 g/mol. The van der Waals surface area contributed by atoms with E-state index < -0.39 is 43.1 Å². The largest absolute Gasteiger partial charge is 0.547 e. The number of ether oxygens (including phenoxy) is 2. The Morgan fingerprint density at radius 2 is 1.88 bits per heavy atom. The van der Waals surface area contributed by atoms with Gasteiger partial charge in [-0.05, 0) is 57.0 Å². The van der Waals surface area contributed by atoms with Gasteiger partial charge in [-0.1, -0.05) is 18.2 Å². The number of nitrogens with one attached hydrogen (secondary N) is 1. The van der Waals surface area contributed by atoms with Crippen LogP contribution in [-0.4, -0.2) is 47.8 Å². The molecule has 0 saturated heterocycles. The van der Waals surface area contributed by atoms with Crippen molar-refractivity contribution in [2.24, 2.45) is 5.41 Å². The zero-order valence-electron chi connectivity index (χ0n) is 18.0. The molecule has 1 atom stereocenters. The lowest BCUT2D eigenvalue weighted by molar-refractivity contribution is -0.161. The minimum absolute atomic E-state index is 0.0558. The highest BCUT2D eigenvalue weighted by Gasteiger charge is 2.38. The van der Waals surface area contributed by atoms with Gasteiger partial charge in [0.1, 0.15) is 17.1 Å². The Bertz CT molecular complexity index is 1030. The summed E-state index contributed by atoms with van der Waals surface area (Å²) in [6.45, 7) is 4.48. The van der Waals surface area contributed by atoms with E-state index in [1.165, 1.54) is 30.3 Å². The second-order valence-corrected chi connectivity index (χ2v) is 8.37. The van der Waals surface area contributed by atoms with Crippen LogP contribution >= 0.6 is 0 Å². The Hall–Kier alpha value is -3.53. The third-order valence-corrected chi connectivity index (χ3v) is 4.76. The molecule has 0 aliphatic carbocycles. The monoisotopic (exact) mass is 441 g/mol. The van der Waals surface area contributed by atoms with E-state index >= 15 is 0 Å². The van der Waals surface area contributed by atoms with Gasteiger partial charge >= 0.3 is 19.1 Å². The fourth-order valence-electron chi connectivity index (χ4n) is 3.04. The summed E-state index contributed by atoms with van der Waals surface area (Å²) in [7, 11) is -1.42. The lowest BCUT2D eigenvalue weighted by atomic mass is 9.72. The summed E-state index contributed by atoms with van der Waals surface area (Å²) in [5, 5.41) is 22.6. The molecule has 3 rings (SSSR count). The first-order valence-corrected chi connectivity index (χ1v) is 9.97. The summed E-state index contributed by atoms with van der Waals surface area (Å²) >= 11 is 0. The molecule has 32 heavy (non-hydrogen) atoms. The van der Waals surface area contributed by atoms with E-state index in [9.17, 15) is 24.5 Å². The Morgan fingerprint density at radius 1 is 1.16 bits per heavy atom. The standard InChI is InChI=1S/C22H24BNO8/c1-22(2,3)21(28)31-12-30-20(27)16-9-5-6-13-11-17(23(29)32-18(13)16)24-19(26)14-7-4-8-15(25)10-14/h4-10,17,25,29H,11-12H2,1-3H3,(H,24,26)/t17-/m0/s1. The van der Waals surface area contributed by atoms with Crippen molar-refractivity contribution in [3.63, 3.8) is 0 Å². The molecule has 10 heteroatoms. The molecule has 2 aromatic carbocycles. The molecule has 168 valence electrons. The first-order chi connectivity index (χ1) is 15.1. The van der Waals surface area contributed by atoms with Crippen molar-refractivity contribution in [3.05, 3.63) is 59.2 Å². The molecule has 1 aliphatic rings. The highest BCUT2D eigenvalue weighted by Crippen LogP contribution is 2.31. The zero-order valence-corrected chi connectivity index (χ0v) is 18.0. The van der Waals surface area contributed by atoms with E-state index in [4.69, 9.17) is 14.1 Å². The van der Waals surface area contributed by atoms with Crippen LogP contribution in [-0.2, 0) is 20.7 Å². The van der Waals surface area contributed by atoms with Crippen LogP contribution in [0, 0.1) is 5.41 Å². The maximum absolute atomic E-state index is 12.5. The van der Waals surface area contributed by atoms with Gasteiger partial charge in [0.15, 0.2) is 0 Å². The lowest BCUT2D eigenvalue weighted by Crippen LogP contribution is -2.53. The SMILES string of the molecule is CC(C)(C)C(=O)OCOC(=O)c1cccc2c1OB(O)[C@@H](NC(=O)c1cccc(O)c1)C2. The highest BCUT2D eigenvalue weighted by molar-refractivity contribution is 6.47. The van der Waals surface area contributed by atoms with Gasteiger partial charge in [0.05, 0.1) is 11.4 Å². The van der Waals surface area contributed by atoms with Crippen molar-refractivity contribution < 1.29 is 38.6 Å². The molecule has 1 amide bonds. The van der Waals surface area contributed by atoms with Gasteiger partial charge in [-0.2, -0.15) is 0 Å². The van der Waals surface area contributed by atoms with E-state index in [0.29, 0.717) is 5.56 Å². The van der Waals surface area contributed by atoms with Gasteiger partial charge in [-0.25, -0.2) is 4.79 Å². The summed E-state index contributed by atoms with van der Waals surface area (Å²) in [4.78, 5) is 36.7. The Morgan fingerprint density at radius 3 is 2.56 bits per heavy atom. The lowest BCUT2D eigenvalue weighted by Gasteiger charge is -2.29. The van der Waals surface area contributed by atoms with Crippen molar-refractivity contribution in [2.45, 2.75) is 33.1 Å². The quantitative estimate of drug-likeness (QED) is 0.364. The summed E-state index contributed by atoms with van der Waals surface area (Å²) in [6.07, 6.45) is 0.196. The Kier molecular flexibility index (Phi) is 6.74.